The minimum Gasteiger partial charge on any atom is -0.444 e. The lowest BCUT2D eigenvalue weighted by molar-refractivity contribution is 0.0151. The molecule has 0 radical (unpaired) electrons. The lowest BCUT2D eigenvalue weighted by Crippen LogP contribution is -2.45. The summed E-state index contributed by atoms with van der Waals surface area (Å²) in [6.45, 7) is 7.67. The summed E-state index contributed by atoms with van der Waals surface area (Å²) in [5.74, 6) is 0.347. The van der Waals surface area contributed by atoms with Gasteiger partial charge in [0.2, 0.25) is 0 Å². The summed E-state index contributed by atoms with van der Waals surface area (Å²) in [7, 11) is 1.83. The fraction of sp³-hybridized carbons (Fsp3) is 0.647. The molecule has 1 aromatic rings. The molecule has 2 heterocycles. The Morgan fingerprint density at radius 2 is 2.17 bits per heavy atom. The molecule has 0 aromatic carbocycles. The van der Waals surface area contributed by atoms with Crippen LogP contribution in [0.15, 0.2) is 17.5 Å². The highest BCUT2D eigenvalue weighted by Gasteiger charge is 2.29. The Balaban J connectivity index is 1.88. The van der Waals surface area contributed by atoms with Crippen molar-refractivity contribution in [3.63, 3.8) is 0 Å². The van der Waals surface area contributed by atoms with Crippen molar-refractivity contribution in [1.82, 2.24) is 9.80 Å². The zero-order valence-electron chi connectivity index (χ0n) is 14.4. The van der Waals surface area contributed by atoms with E-state index in [1.54, 1.807) is 9.80 Å². The first-order valence-electron chi connectivity index (χ1n) is 8.03. The third-order valence-corrected chi connectivity index (χ3v) is 4.64. The first-order chi connectivity index (χ1) is 10.8. The molecular formula is C17H26N2O3S. The Morgan fingerprint density at radius 3 is 2.78 bits per heavy atom. The molecule has 0 spiro atoms. The van der Waals surface area contributed by atoms with Crippen molar-refractivity contribution in [3.8, 4) is 0 Å². The first kappa shape index (κ1) is 17.8. The van der Waals surface area contributed by atoms with E-state index < -0.39 is 5.60 Å². The number of hydrogen-bond donors (Lipinski definition) is 0. The van der Waals surface area contributed by atoms with E-state index in [9.17, 15) is 9.59 Å². The fourth-order valence-corrected chi connectivity index (χ4v) is 3.48. The molecule has 23 heavy (non-hydrogen) atoms. The van der Waals surface area contributed by atoms with Gasteiger partial charge in [0.1, 0.15) is 5.60 Å². The number of carbonyl (C=O) groups is 2. The van der Waals surface area contributed by atoms with E-state index in [2.05, 4.69) is 0 Å². The van der Waals surface area contributed by atoms with Crippen LogP contribution in [0.4, 0.5) is 4.79 Å². The number of hydrogen-bond acceptors (Lipinski definition) is 4. The Hall–Kier alpha value is -1.56. The van der Waals surface area contributed by atoms with Gasteiger partial charge in [0.25, 0.3) is 5.91 Å². The van der Waals surface area contributed by atoms with Gasteiger partial charge < -0.3 is 14.5 Å². The van der Waals surface area contributed by atoms with Gasteiger partial charge >= 0.3 is 6.09 Å². The van der Waals surface area contributed by atoms with Gasteiger partial charge in [-0.1, -0.05) is 6.07 Å². The molecule has 1 saturated heterocycles. The molecule has 2 rings (SSSR count). The smallest absolute Gasteiger partial charge is 0.410 e. The summed E-state index contributed by atoms with van der Waals surface area (Å²) in [6, 6.07) is 3.73. The largest absolute Gasteiger partial charge is 0.444 e. The number of piperidine rings is 1. The third kappa shape index (κ3) is 5.23. The summed E-state index contributed by atoms with van der Waals surface area (Å²) in [5, 5.41) is 1.91. The van der Waals surface area contributed by atoms with Gasteiger partial charge in [0.15, 0.2) is 0 Å². The van der Waals surface area contributed by atoms with Crippen LogP contribution in [0, 0.1) is 5.92 Å². The maximum atomic E-state index is 12.3. The summed E-state index contributed by atoms with van der Waals surface area (Å²) in [5.41, 5.74) is -0.476. The van der Waals surface area contributed by atoms with Gasteiger partial charge in [-0.25, -0.2) is 4.79 Å². The lowest BCUT2D eigenvalue weighted by Gasteiger charge is -2.35. The number of nitrogens with zero attached hydrogens (tertiary/aromatic N) is 2. The number of amides is 2. The van der Waals surface area contributed by atoms with Crippen LogP contribution in [0.1, 0.15) is 43.3 Å². The zero-order chi connectivity index (χ0) is 17.0. The molecule has 0 aliphatic carbocycles. The average molecular weight is 338 g/mol. The van der Waals surface area contributed by atoms with Gasteiger partial charge in [0.05, 0.1) is 4.88 Å². The zero-order valence-corrected chi connectivity index (χ0v) is 15.2. The van der Waals surface area contributed by atoms with Crippen LogP contribution in [0.5, 0.6) is 0 Å². The van der Waals surface area contributed by atoms with Crippen molar-refractivity contribution in [2.24, 2.45) is 5.92 Å². The Morgan fingerprint density at radius 1 is 1.43 bits per heavy atom. The molecule has 2 amide bonds. The molecule has 1 unspecified atom stereocenters. The van der Waals surface area contributed by atoms with Crippen LogP contribution in [-0.2, 0) is 4.74 Å². The third-order valence-electron chi connectivity index (χ3n) is 3.78. The normalized spacial score (nSPS) is 18.6. The number of ether oxygens (including phenoxy) is 1. The van der Waals surface area contributed by atoms with Gasteiger partial charge in [-0.15, -0.1) is 11.3 Å². The number of thiophene rings is 1. The second kappa shape index (κ2) is 7.34. The topological polar surface area (TPSA) is 49.9 Å². The molecule has 0 N–H and O–H groups in total. The monoisotopic (exact) mass is 338 g/mol. The van der Waals surface area contributed by atoms with E-state index in [1.165, 1.54) is 11.3 Å². The van der Waals surface area contributed by atoms with Crippen LogP contribution >= 0.6 is 11.3 Å². The molecule has 0 saturated carbocycles. The lowest BCUT2D eigenvalue weighted by atomic mass is 9.98. The summed E-state index contributed by atoms with van der Waals surface area (Å²) in [4.78, 5) is 28.8. The first-order valence-corrected chi connectivity index (χ1v) is 8.91. The van der Waals surface area contributed by atoms with E-state index in [0.29, 0.717) is 19.0 Å². The maximum Gasteiger partial charge on any atom is 0.410 e. The highest BCUT2D eigenvalue weighted by atomic mass is 32.1. The van der Waals surface area contributed by atoms with Crippen LogP contribution < -0.4 is 0 Å². The second-order valence-electron chi connectivity index (χ2n) is 7.10. The van der Waals surface area contributed by atoms with E-state index in [-0.39, 0.29) is 12.0 Å². The van der Waals surface area contributed by atoms with Gasteiger partial charge in [-0.2, -0.15) is 0 Å². The SMILES string of the molecule is CN(CC1CCCN(C(=O)OC(C)(C)C)C1)C(=O)c1cccs1. The van der Waals surface area contributed by atoms with Crippen molar-refractivity contribution in [1.29, 1.82) is 0 Å². The minimum absolute atomic E-state index is 0.0504. The van der Waals surface area contributed by atoms with Crippen molar-refractivity contribution in [2.75, 3.05) is 26.7 Å². The van der Waals surface area contributed by atoms with E-state index >= 15 is 0 Å². The predicted octanol–water partition coefficient (Wildman–Crippen LogP) is 3.47. The average Bonchev–Trinajstić information content (AvgIpc) is 2.99. The Bertz CT molecular complexity index is 537. The van der Waals surface area contributed by atoms with Crippen molar-refractivity contribution in [3.05, 3.63) is 22.4 Å². The number of carbonyl (C=O) groups excluding carboxylic acids is 2. The van der Waals surface area contributed by atoms with Crippen LogP contribution in [0.2, 0.25) is 0 Å². The second-order valence-corrected chi connectivity index (χ2v) is 8.05. The molecule has 1 aliphatic rings. The van der Waals surface area contributed by atoms with Crippen molar-refractivity contribution in [2.45, 2.75) is 39.2 Å². The summed E-state index contributed by atoms with van der Waals surface area (Å²) in [6.07, 6.45) is 1.72. The van der Waals surface area contributed by atoms with E-state index in [0.717, 1.165) is 24.3 Å². The molecule has 1 aliphatic heterocycles. The summed E-state index contributed by atoms with van der Waals surface area (Å²) >= 11 is 1.46. The summed E-state index contributed by atoms with van der Waals surface area (Å²) < 4.78 is 5.44. The molecule has 5 nitrogen and oxygen atoms in total. The molecule has 0 bridgehead atoms. The highest BCUT2D eigenvalue weighted by Crippen LogP contribution is 2.21. The molecule has 1 fully saturated rings. The van der Waals surface area contributed by atoms with Crippen LogP contribution in [-0.4, -0.2) is 54.1 Å². The standard InChI is InChI=1S/C17H26N2O3S/c1-17(2,3)22-16(21)19-9-5-7-13(12-19)11-18(4)15(20)14-8-6-10-23-14/h6,8,10,13H,5,7,9,11-12H2,1-4H3. The van der Waals surface area contributed by atoms with Crippen molar-refractivity contribution < 1.29 is 14.3 Å². The Kier molecular flexibility index (Phi) is 5.68. The highest BCUT2D eigenvalue weighted by molar-refractivity contribution is 7.12. The number of likely N-dealkylation sites (tertiary alicyclic amines) is 1. The molecular weight excluding hydrogens is 312 g/mol. The Labute approximate surface area is 142 Å². The molecule has 6 heteroatoms. The molecule has 1 aromatic heterocycles. The van der Waals surface area contributed by atoms with E-state index in [4.69, 9.17) is 4.74 Å². The van der Waals surface area contributed by atoms with Crippen LogP contribution in [0.3, 0.4) is 0 Å². The van der Waals surface area contributed by atoms with Crippen molar-refractivity contribution >= 4 is 23.3 Å². The predicted molar refractivity (Wildman–Crippen MR) is 91.8 cm³/mol. The van der Waals surface area contributed by atoms with E-state index in [1.807, 2.05) is 45.3 Å². The quantitative estimate of drug-likeness (QED) is 0.848. The number of rotatable bonds is 3. The maximum absolute atomic E-state index is 12.3. The minimum atomic E-state index is -0.476. The fourth-order valence-electron chi connectivity index (χ4n) is 2.76. The molecule has 128 valence electrons. The van der Waals surface area contributed by atoms with Gasteiger partial charge in [-0.05, 0) is 51.0 Å². The molecule has 1 atom stereocenters. The van der Waals surface area contributed by atoms with Gasteiger partial charge in [-0.3, -0.25) is 4.79 Å². The van der Waals surface area contributed by atoms with Crippen LogP contribution in [0.25, 0.3) is 0 Å². The van der Waals surface area contributed by atoms with Gasteiger partial charge in [0, 0.05) is 26.7 Å².